The van der Waals surface area contributed by atoms with Gasteiger partial charge in [0, 0.05) is 11.6 Å². The molecule has 0 aliphatic heterocycles. The molecule has 0 aliphatic rings. The Hall–Kier alpha value is -3.32. The van der Waals surface area contributed by atoms with Gasteiger partial charge in [0.25, 0.3) is 0 Å². The van der Waals surface area contributed by atoms with E-state index < -0.39 is 11.8 Å². The molecule has 1 aromatic carbocycles. The highest BCUT2D eigenvalue weighted by Crippen LogP contribution is 2.29. The van der Waals surface area contributed by atoms with Crippen molar-refractivity contribution in [3.63, 3.8) is 0 Å². The number of ether oxygens (including phenoxy) is 1. The van der Waals surface area contributed by atoms with Gasteiger partial charge in [-0.3, -0.25) is 4.98 Å². The fourth-order valence-electron chi connectivity index (χ4n) is 2.42. The van der Waals surface area contributed by atoms with Gasteiger partial charge in [-0.1, -0.05) is 30.3 Å². The summed E-state index contributed by atoms with van der Waals surface area (Å²) >= 11 is 1.29. The maximum absolute atomic E-state index is 14.8. The molecule has 0 saturated heterocycles. The van der Waals surface area contributed by atoms with Crippen LogP contribution in [0.5, 0.6) is 0 Å². The molecule has 0 radical (unpaired) electrons. The average molecular weight is 382 g/mol. The molecule has 1 N–H and O–H groups in total. The number of carbonyl (C=O) groups is 1. The van der Waals surface area contributed by atoms with E-state index in [0.717, 1.165) is 6.26 Å². The Morgan fingerprint density at radius 1 is 1.22 bits per heavy atom. The van der Waals surface area contributed by atoms with E-state index in [2.05, 4.69) is 9.97 Å². The summed E-state index contributed by atoms with van der Waals surface area (Å²) in [4.78, 5) is 20.0. The van der Waals surface area contributed by atoms with Gasteiger partial charge in [0.05, 0.1) is 19.1 Å². The third-order valence-electron chi connectivity index (χ3n) is 3.63. The molecule has 136 valence electrons. The first-order chi connectivity index (χ1) is 13.1. The minimum atomic E-state index is -1.16. The van der Waals surface area contributed by atoms with Crippen LogP contribution in [0.1, 0.15) is 16.8 Å². The second kappa shape index (κ2) is 8.37. The van der Waals surface area contributed by atoms with E-state index in [1.54, 1.807) is 48.0 Å². The van der Waals surface area contributed by atoms with Crippen molar-refractivity contribution in [1.82, 2.24) is 9.97 Å². The molecule has 0 bridgehead atoms. The molecular formula is C20H15FN2O3S. The molecule has 7 heteroatoms. The van der Waals surface area contributed by atoms with Gasteiger partial charge >= 0.3 is 5.97 Å². The number of nitrogens with zero attached hydrogens (tertiary/aromatic N) is 2. The number of methoxy groups -OCH3 is 1. The van der Waals surface area contributed by atoms with Gasteiger partial charge in [-0.2, -0.15) is 0 Å². The zero-order valence-electron chi connectivity index (χ0n) is 14.3. The van der Waals surface area contributed by atoms with Crippen LogP contribution in [0.25, 0.3) is 28.2 Å². The SMILES string of the molecule is COC=C(C(=O)O)c1ccccc1C=C(F)c1csc(-c2ccccn2)n1. The van der Waals surface area contributed by atoms with Crippen LogP contribution in [0.15, 0.2) is 60.3 Å². The van der Waals surface area contributed by atoms with Crippen LogP contribution in [0.2, 0.25) is 0 Å². The van der Waals surface area contributed by atoms with E-state index >= 15 is 0 Å². The molecule has 0 amide bonds. The van der Waals surface area contributed by atoms with E-state index in [9.17, 15) is 14.3 Å². The number of aliphatic carboxylic acids is 1. The maximum atomic E-state index is 14.8. The van der Waals surface area contributed by atoms with Crippen molar-refractivity contribution in [3.8, 4) is 10.7 Å². The summed E-state index contributed by atoms with van der Waals surface area (Å²) < 4.78 is 19.6. The summed E-state index contributed by atoms with van der Waals surface area (Å²) in [5, 5.41) is 11.6. The summed E-state index contributed by atoms with van der Waals surface area (Å²) in [6, 6.07) is 12.0. The van der Waals surface area contributed by atoms with Crippen LogP contribution in [0, 0.1) is 0 Å². The van der Waals surface area contributed by atoms with Crippen molar-refractivity contribution in [2.75, 3.05) is 7.11 Å². The lowest BCUT2D eigenvalue weighted by Gasteiger charge is -2.07. The van der Waals surface area contributed by atoms with Gasteiger partial charge in [0.15, 0.2) is 0 Å². The molecule has 0 unspecified atom stereocenters. The molecular weight excluding hydrogens is 367 g/mol. The number of thiazole rings is 1. The fraction of sp³-hybridized carbons (Fsp3) is 0.0500. The minimum absolute atomic E-state index is 0.0652. The lowest BCUT2D eigenvalue weighted by Crippen LogP contribution is -2.02. The Balaban J connectivity index is 1.97. The Morgan fingerprint density at radius 3 is 2.70 bits per heavy atom. The zero-order valence-corrected chi connectivity index (χ0v) is 15.1. The first kappa shape index (κ1) is 18.5. The summed E-state index contributed by atoms with van der Waals surface area (Å²) in [6.45, 7) is 0. The number of hydrogen-bond acceptors (Lipinski definition) is 5. The molecule has 5 nitrogen and oxygen atoms in total. The van der Waals surface area contributed by atoms with E-state index in [-0.39, 0.29) is 11.3 Å². The predicted octanol–water partition coefficient (Wildman–Crippen LogP) is 4.74. The average Bonchev–Trinajstić information content (AvgIpc) is 3.18. The van der Waals surface area contributed by atoms with Crippen molar-refractivity contribution in [2.45, 2.75) is 0 Å². The summed E-state index contributed by atoms with van der Waals surface area (Å²) in [6.07, 6.45) is 4.03. The number of rotatable bonds is 6. The van der Waals surface area contributed by atoms with Crippen molar-refractivity contribution in [1.29, 1.82) is 0 Å². The van der Waals surface area contributed by atoms with Gasteiger partial charge in [0.1, 0.15) is 22.1 Å². The topological polar surface area (TPSA) is 72.3 Å². The van der Waals surface area contributed by atoms with Gasteiger partial charge in [0.2, 0.25) is 0 Å². The third kappa shape index (κ3) is 4.27. The van der Waals surface area contributed by atoms with E-state index in [1.165, 1.54) is 24.5 Å². The Labute approximate surface area is 159 Å². The highest BCUT2D eigenvalue weighted by Gasteiger charge is 2.15. The van der Waals surface area contributed by atoms with Crippen molar-refractivity contribution < 1.29 is 19.0 Å². The fourth-order valence-corrected chi connectivity index (χ4v) is 3.20. The molecule has 0 atom stereocenters. The molecule has 2 aromatic heterocycles. The molecule has 2 heterocycles. The summed E-state index contributed by atoms with van der Waals surface area (Å²) in [7, 11) is 1.36. The molecule has 0 aliphatic carbocycles. The number of carboxylic acids is 1. The van der Waals surface area contributed by atoms with Crippen LogP contribution in [-0.4, -0.2) is 28.2 Å². The third-order valence-corrected chi connectivity index (χ3v) is 4.50. The Morgan fingerprint density at radius 2 is 2.00 bits per heavy atom. The largest absolute Gasteiger partial charge is 0.503 e. The van der Waals surface area contributed by atoms with Crippen LogP contribution in [-0.2, 0) is 9.53 Å². The Kier molecular flexibility index (Phi) is 5.73. The van der Waals surface area contributed by atoms with E-state index in [0.29, 0.717) is 21.8 Å². The van der Waals surface area contributed by atoms with Crippen LogP contribution in [0.3, 0.4) is 0 Å². The molecule has 3 rings (SSSR count). The van der Waals surface area contributed by atoms with Gasteiger partial charge < -0.3 is 9.84 Å². The van der Waals surface area contributed by atoms with Crippen LogP contribution < -0.4 is 0 Å². The smallest absolute Gasteiger partial charge is 0.339 e. The van der Waals surface area contributed by atoms with Crippen molar-refractivity contribution >= 4 is 34.8 Å². The monoisotopic (exact) mass is 382 g/mol. The van der Waals surface area contributed by atoms with Gasteiger partial charge in [-0.25, -0.2) is 14.2 Å². The number of aromatic nitrogens is 2. The second-order valence-electron chi connectivity index (χ2n) is 5.40. The van der Waals surface area contributed by atoms with Crippen LogP contribution >= 0.6 is 11.3 Å². The number of hydrogen-bond donors (Lipinski definition) is 1. The molecule has 0 saturated carbocycles. The highest BCUT2D eigenvalue weighted by atomic mass is 32.1. The van der Waals surface area contributed by atoms with Gasteiger partial charge in [-0.05, 0) is 29.3 Å². The van der Waals surface area contributed by atoms with Crippen molar-refractivity contribution in [3.05, 3.63) is 77.1 Å². The molecule has 0 fully saturated rings. The minimum Gasteiger partial charge on any atom is -0.503 e. The number of pyridine rings is 1. The number of benzene rings is 1. The zero-order chi connectivity index (χ0) is 19.2. The highest BCUT2D eigenvalue weighted by molar-refractivity contribution is 7.13. The normalized spacial score (nSPS) is 12.1. The molecule has 3 aromatic rings. The van der Waals surface area contributed by atoms with Gasteiger partial charge in [-0.15, -0.1) is 11.3 Å². The molecule has 27 heavy (non-hydrogen) atoms. The van der Waals surface area contributed by atoms with Crippen molar-refractivity contribution in [2.24, 2.45) is 0 Å². The second-order valence-corrected chi connectivity index (χ2v) is 6.26. The lowest BCUT2D eigenvalue weighted by molar-refractivity contribution is -0.130. The van der Waals surface area contributed by atoms with Crippen LogP contribution in [0.4, 0.5) is 4.39 Å². The summed E-state index contributed by atoms with van der Waals surface area (Å²) in [5.74, 6) is -1.73. The predicted molar refractivity (Wildman–Crippen MR) is 103 cm³/mol. The number of halogens is 1. The van der Waals surface area contributed by atoms with E-state index in [4.69, 9.17) is 4.74 Å². The quantitative estimate of drug-likeness (QED) is 0.492. The van der Waals surface area contributed by atoms with E-state index in [1.807, 2.05) is 6.07 Å². The molecule has 0 spiro atoms. The summed E-state index contributed by atoms with van der Waals surface area (Å²) in [5.41, 5.74) is 1.53. The number of carboxylic acid groups (broad SMARTS) is 1. The first-order valence-corrected chi connectivity index (χ1v) is 8.78. The standard InChI is InChI=1S/C20H15FN2O3S/c1-26-11-15(20(24)25)14-7-3-2-6-13(14)10-16(21)18-12-27-19(23-18)17-8-4-5-9-22-17/h2-12H,1H3,(H,24,25). The lowest BCUT2D eigenvalue weighted by atomic mass is 10.00. The maximum Gasteiger partial charge on any atom is 0.339 e. The first-order valence-electron chi connectivity index (χ1n) is 7.90. The Bertz CT molecular complexity index is 1010.